The van der Waals surface area contributed by atoms with Crippen LogP contribution in [0.4, 0.5) is 0 Å². The van der Waals surface area contributed by atoms with Gasteiger partial charge in [-0.1, -0.05) is 13.8 Å². The topological polar surface area (TPSA) is 37.4 Å². The van der Waals surface area contributed by atoms with Crippen molar-refractivity contribution in [3.05, 3.63) is 0 Å². The van der Waals surface area contributed by atoms with Gasteiger partial charge >= 0.3 is 0 Å². The van der Waals surface area contributed by atoms with E-state index in [1.165, 1.54) is 6.92 Å². The lowest BCUT2D eigenvalue weighted by molar-refractivity contribution is -0.122. The van der Waals surface area contributed by atoms with Gasteiger partial charge in [0.2, 0.25) is 0 Å². The zero-order chi connectivity index (χ0) is 12.3. The molecule has 0 spiro atoms. The molecule has 90 valence electrons. The van der Waals surface area contributed by atoms with Crippen LogP contribution in [0, 0.1) is 5.92 Å². The first kappa shape index (κ1) is 16.7. The first-order chi connectivity index (χ1) is 7.11. The fraction of sp³-hybridized carbons (Fsp3) is 0.833. The van der Waals surface area contributed by atoms with Crippen molar-refractivity contribution >= 4 is 12.1 Å². The van der Waals surface area contributed by atoms with E-state index in [9.17, 15) is 4.79 Å². The van der Waals surface area contributed by atoms with Gasteiger partial charge in [0, 0.05) is 5.92 Å². The van der Waals surface area contributed by atoms with Gasteiger partial charge in [-0.2, -0.15) is 0 Å². The number of hydrogen-bond donors (Lipinski definition) is 0. The van der Waals surface area contributed by atoms with E-state index in [1.54, 1.807) is 6.92 Å². The fourth-order valence-corrected chi connectivity index (χ4v) is 1.42. The molecule has 1 aliphatic rings. The number of carbonyl (C=O) groups is 2. The summed E-state index contributed by atoms with van der Waals surface area (Å²) in [6.45, 7) is 9.32. The lowest BCUT2D eigenvalue weighted by atomic mass is 9.94. The van der Waals surface area contributed by atoms with Crippen LogP contribution < -0.4 is 0 Å². The van der Waals surface area contributed by atoms with Gasteiger partial charge in [0.25, 0.3) is 0 Å². The Balaban J connectivity index is 0. The SMILES string of the molecule is CC.CC(=O)C1CCN(C)CC1.CC=O. The molecule has 0 atom stereocenters. The highest BCUT2D eigenvalue weighted by molar-refractivity contribution is 5.78. The van der Waals surface area contributed by atoms with Crippen molar-refractivity contribution in [2.75, 3.05) is 20.1 Å². The number of nitrogens with zero attached hydrogens (tertiary/aromatic N) is 1. The highest BCUT2D eigenvalue weighted by atomic mass is 16.1. The monoisotopic (exact) mass is 215 g/mol. The van der Waals surface area contributed by atoms with E-state index in [-0.39, 0.29) is 0 Å². The summed E-state index contributed by atoms with van der Waals surface area (Å²) in [4.78, 5) is 22.0. The molecule has 1 aliphatic heterocycles. The van der Waals surface area contributed by atoms with E-state index >= 15 is 0 Å². The molecule has 3 nitrogen and oxygen atoms in total. The maximum absolute atomic E-state index is 10.9. The third kappa shape index (κ3) is 9.60. The molecule has 0 radical (unpaired) electrons. The Morgan fingerprint density at radius 3 is 1.87 bits per heavy atom. The molecule has 0 aliphatic carbocycles. The second-order valence-electron chi connectivity index (χ2n) is 3.42. The van der Waals surface area contributed by atoms with Crippen LogP contribution in [0.3, 0.4) is 0 Å². The van der Waals surface area contributed by atoms with E-state index in [1.807, 2.05) is 13.8 Å². The second kappa shape index (κ2) is 11.4. The molecular weight excluding hydrogens is 190 g/mol. The summed E-state index contributed by atoms with van der Waals surface area (Å²) in [5, 5.41) is 0. The fourth-order valence-electron chi connectivity index (χ4n) is 1.42. The summed E-state index contributed by atoms with van der Waals surface area (Å²) in [6.07, 6.45) is 2.87. The molecule has 0 amide bonds. The number of Topliss-reactive ketones (excluding diaryl/α,β-unsaturated/α-hetero) is 1. The van der Waals surface area contributed by atoms with Gasteiger partial charge in [0.05, 0.1) is 0 Å². The third-order valence-electron chi connectivity index (χ3n) is 2.29. The maximum atomic E-state index is 10.9. The minimum absolute atomic E-state index is 0.358. The molecule has 0 aromatic carbocycles. The van der Waals surface area contributed by atoms with E-state index in [0.717, 1.165) is 32.2 Å². The Hall–Kier alpha value is -0.700. The van der Waals surface area contributed by atoms with Gasteiger partial charge in [-0.05, 0) is 46.8 Å². The molecule has 1 saturated heterocycles. The number of ketones is 1. The zero-order valence-corrected chi connectivity index (χ0v) is 10.7. The van der Waals surface area contributed by atoms with Crippen molar-refractivity contribution in [3.63, 3.8) is 0 Å². The van der Waals surface area contributed by atoms with Crippen LogP contribution in [-0.2, 0) is 9.59 Å². The van der Waals surface area contributed by atoms with Crippen molar-refractivity contribution in [1.29, 1.82) is 0 Å². The van der Waals surface area contributed by atoms with Gasteiger partial charge in [-0.25, -0.2) is 0 Å². The Morgan fingerprint density at radius 1 is 1.27 bits per heavy atom. The van der Waals surface area contributed by atoms with E-state index in [0.29, 0.717) is 11.7 Å². The van der Waals surface area contributed by atoms with E-state index < -0.39 is 0 Å². The van der Waals surface area contributed by atoms with Gasteiger partial charge < -0.3 is 9.69 Å². The van der Waals surface area contributed by atoms with Crippen molar-refractivity contribution in [3.8, 4) is 0 Å². The van der Waals surface area contributed by atoms with Gasteiger partial charge in [0.15, 0.2) is 0 Å². The number of piperidine rings is 1. The minimum Gasteiger partial charge on any atom is -0.306 e. The molecule has 0 bridgehead atoms. The normalized spacial score (nSPS) is 16.6. The van der Waals surface area contributed by atoms with Crippen LogP contribution in [-0.4, -0.2) is 37.1 Å². The molecule has 1 fully saturated rings. The smallest absolute Gasteiger partial charge is 0.133 e. The van der Waals surface area contributed by atoms with Crippen LogP contribution in [0.15, 0.2) is 0 Å². The average molecular weight is 215 g/mol. The van der Waals surface area contributed by atoms with E-state index in [2.05, 4.69) is 11.9 Å². The number of likely N-dealkylation sites (tertiary alicyclic amines) is 1. The van der Waals surface area contributed by atoms with Crippen molar-refractivity contribution in [1.82, 2.24) is 4.90 Å². The Bertz CT molecular complexity index is 161. The average Bonchev–Trinajstić information content (AvgIpc) is 2.22. The summed E-state index contributed by atoms with van der Waals surface area (Å²) in [6, 6.07) is 0. The molecule has 0 aromatic heterocycles. The van der Waals surface area contributed by atoms with Crippen LogP contribution >= 0.6 is 0 Å². The van der Waals surface area contributed by atoms with Crippen molar-refractivity contribution < 1.29 is 9.59 Å². The molecule has 0 unspecified atom stereocenters. The van der Waals surface area contributed by atoms with Gasteiger partial charge in [-0.15, -0.1) is 0 Å². The minimum atomic E-state index is 0.358. The summed E-state index contributed by atoms with van der Waals surface area (Å²) in [7, 11) is 2.11. The van der Waals surface area contributed by atoms with Crippen molar-refractivity contribution in [2.45, 2.75) is 40.5 Å². The second-order valence-corrected chi connectivity index (χ2v) is 3.42. The Kier molecular flexibility index (Phi) is 12.7. The molecule has 1 heterocycles. The van der Waals surface area contributed by atoms with Crippen LogP contribution in [0.5, 0.6) is 0 Å². The summed E-state index contributed by atoms with van der Waals surface area (Å²) in [5.41, 5.74) is 0. The summed E-state index contributed by atoms with van der Waals surface area (Å²) in [5.74, 6) is 0.726. The predicted octanol–water partition coefficient (Wildman–Crippen LogP) is 2.15. The van der Waals surface area contributed by atoms with E-state index in [4.69, 9.17) is 4.79 Å². The molecule has 0 saturated carbocycles. The maximum Gasteiger partial charge on any atom is 0.133 e. The highest BCUT2D eigenvalue weighted by Crippen LogP contribution is 2.15. The highest BCUT2D eigenvalue weighted by Gasteiger charge is 2.19. The van der Waals surface area contributed by atoms with Crippen LogP contribution in [0.1, 0.15) is 40.5 Å². The predicted molar refractivity (Wildman–Crippen MR) is 64.0 cm³/mol. The van der Waals surface area contributed by atoms with Crippen molar-refractivity contribution in [2.24, 2.45) is 5.92 Å². The number of rotatable bonds is 1. The summed E-state index contributed by atoms with van der Waals surface area (Å²) < 4.78 is 0. The zero-order valence-electron chi connectivity index (χ0n) is 10.7. The Labute approximate surface area is 93.8 Å². The first-order valence-corrected chi connectivity index (χ1v) is 5.70. The molecule has 15 heavy (non-hydrogen) atoms. The first-order valence-electron chi connectivity index (χ1n) is 5.70. The molecule has 0 N–H and O–H groups in total. The molecular formula is C12H25NO2. The quantitative estimate of drug-likeness (QED) is 0.629. The van der Waals surface area contributed by atoms with Crippen LogP contribution in [0.25, 0.3) is 0 Å². The van der Waals surface area contributed by atoms with Gasteiger partial charge in [-0.3, -0.25) is 4.79 Å². The van der Waals surface area contributed by atoms with Gasteiger partial charge in [0.1, 0.15) is 12.1 Å². The largest absolute Gasteiger partial charge is 0.306 e. The third-order valence-corrected chi connectivity index (χ3v) is 2.29. The lowest BCUT2D eigenvalue weighted by Gasteiger charge is -2.26. The number of hydrogen-bond acceptors (Lipinski definition) is 3. The molecule has 1 rings (SSSR count). The standard InChI is InChI=1S/C8H15NO.C2H4O.C2H6/c1-7(10)8-3-5-9(2)6-4-8;1-2-3;1-2/h8H,3-6H2,1-2H3;2H,1H3;1-2H3. The molecule has 0 aromatic rings. The molecule has 3 heteroatoms. The lowest BCUT2D eigenvalue weighted by Crippen LogP contribution is -2.32. The number of aldehydes is 1. The Morgan fingerprint density at radius 2 is 1.60 bits per heavy atom. The van der Waals surface area contributed by atoms with Crippen LogP contribution in [0.2, 0.25) is 0 Å². The summed E-state index contributed by atoms with van der Waals surface area (Å²) >= 11 is 0. The number of carbonyl (C=O) groups excluding carboxylic acids is 2.